The number of H-pyrrole nitrogens is 1. The molecule has 1 aliphatic heterocycles. The SMILES string of the molecule is CN=C(NCCCCN1CCCC1)NCCc1c[nH]c2ccc(F)cc12. The highest BCUT2D eigenvalue weighted by Crippen LogP contribution is 2.19. The first kappa shape index (κ1) is 18.7. The Balaban J connectivity index is 1.35. The van der Waals surface area contributed by atoms with Crippen LogP contribution in [0.5, 0.6) is 0 Å². The van der Waals surface area contributed by atoms with E-state index in [0.29, 0.717) is 0 Å². The molecule has 26 heavy (non-hydrogen) atoms. The van der Waals surface area contributed by atoms with Crippen molar-refractivity contribution in [1.82, 2.24) is 20.5 Å². The highest BCUT2D eigenvalue weighted by atomic mass is 19.1. The molecule has 2 heterocycles. The van der Waals surface area contributed by atoms with E-state index in [-0.39, 0.29) is 5.82 Å². The highest BCUT2D eigenvalue weighted by Gasteiger charge is 2.10. The summed E-state index contributed by atoms with van der Waals surface area (Å²) < 4.78 is 13.4. The van der Waals surface area contributed by atoms with Gasteiger partial charge in [0.2, 0.25) is 0 Å². The number of nitrogens with zero attached hydrogens (tertiary/aromatic N) is 2. The van der Waals surface area contributed by atoms with Crippen molar-refractivity contribution in [2.24, 2.45) is 4.99 Å². The second-order valence-electron chi connectivity index (χ2n) is 6.94. The highest BCUT2D eigenvalue weighted by molar-refractivity contribution is 5.83. The van der Waals surface area contributed by atoms with Crippen molar-refractivity contribution in [3.63, 3.8) is 0 Å². The summed E-state index contributed by atoms with van der Waals surface area (Å²) in [7, 11) is 1.79. The van der Waals surface area contributed by atoms with E-state index in [1.54, 1.807) is 19.2 Å². The molecule has 0 unspecified atom stereocenters. The number of aromatic nitrogens is 1. The Labute approximate surface area is 155 Å². The molecule has 2 aromatic rings. The van der Waals surface area contributed by atoms with Gasteiger partial charge in [0.15, 0.2) is 5.96 Å². The molecule has 142 valence electrons. The first-order valence-electron chi connectivity index (χ1n) is 9.68. The number of hydrogen-bond acceptors (Lipinski definition) is 2. The van der Waals surface area contributed by atoms with Crippen molar-refractivity contribution < 1.29 is 4.39 Å². The number of aromatic amines is 1. The molecule has 1 aromatic heterocycles. The monoisotopic (exact) mass is 359 g/mol. The summed E-state index contributed by atoms with van der Waals surface area (Å²) in [6.07, 6.45) is 7.87. The second kappa shape index (κ2) is 9.57. The molecule has 6 heteroatoms. The summed E-state index contributed by atoms with van der Waals surface area (Å²) in [6.45, 7) is 5.45. The van der Waals surface area contributed by atoms with Gasteiger partial charge in [0, 0.05) is 37.2 Å². The van der Waals surface area contributed by atoms with Gasteiger partial charge in [-0.3, -0.25) is 4.99 Å². The third-order valence-corrected chi connectivity index (χ3v) is 5.03. The molecule has 0 amide bonds. The number of rotatable bonds is 8. The number of guanidine groups is 1. The Bertz CT molecular complexity index is 718. The van der Waals surface area contributed by atoms with Crippen molar-refractivity contribution in [2.45, 2.75) is 32.1 Å². The summed E-state index contributed by atoms with van der Waals surface area (Å²) >= 11 is 0. The maximum Gasteiger partial charge on any atom is 0.190 e. The van der Waals surface area contributed by atoms with Gasteiger partial charge in [-0.25, -0.2) is 4.39 Å². The lowest BCUT2D eigenvalue weighted by atomic mass is 10.1. The van der Waals surface area contributed by atoms with Crippen molar-refractivity contribution in [3.8, 4) is 0 Å². The fourth-order valence-corrected chi connectivity index (χ4v) is 3.57. The molecule has 3 rings (SSSR count). The maximum atomic E-state index is 13.4. The zero-order chi connectivity index (χ0) is 18.2. The number of hydrogen-bond donors (Lipinski definition) is 3. The van der Waals surface area contributed by atoms with Crippen molar-refractivity contribution >= 4 is 16.9 Å². The second-order valence-corrected chi connectivity index (χ2v) is 6.94. The van der Waals surface area contributed by atoms with Crippen molar-refractivity contribution in [1.29, 1.82) is 0 Å². The molecular formula is C20H30FN5. The molecule has 1 saturated heterocycles. The average Bonchev–Trinajstić information content (AvgIpc) is 3.30. The number of unbranched alkanes of at least 4 members (excludes halogenated alkanes) is 1. The smallest absolute Gasteiger partial charge is 0.190 e. The largest absolute Gasteiger partial charge is 0.361 e. The fourth-order valence-electron chi connectivity index (χ4n) is 3.57. The Morgan fingerprint density at radius 1 is 1.19 bits per heavy atom. The van der Waals surface area contributed by atoms with E-state index in [0.717, 1.165) is 48.4 Å². The lowest BCUT2D eigenvalue weighted by molar-refractivity contribution is 0.330. The maximum absolute atomic E-state index is 13.4. The first-order chi connectivity index (χ1) is 12.8. The number of fused-ring (bicyclic) bond motifs is 1. The van der Waals surface area contributed by atoms with Crippen LogP contribution >= 0.6 is 0 Å². The minimum atomic E-state index is -0.197. The van der Waals surface area contributed by atoms with Crippen LogP contribution in [0, 0.1) is 5.82 Å². The summed E-state index contributed by atoms with van der Waals surface area (Å²) in [6, 6.07) is 4.86. The number of halogens is 1. The van der Waals surface area contributed by atoms with Crippen LogP contribution in [-0.4, -0.2) is 55.6 Å². The standard InChI is InChI=1S/C20H30FN5/c1-22-20(23-9-2-3-11-26-12-4-5-13-26)24-10-8-16-15-25-19-7-6-17(21)14-18(16)19/h6-7,14-15,25H,2-5,8-13H2,1H3,(H2,22,23,24). The van der Waals surface area contributed by atoms with E-state index in [1.165, 1.54) is 45.0 Å². The zero-order valence-electron chi connectivity index (χ0n) is 15.7. The van der Waals surface area contributed by atoms with Gasteiger partial charge in [-0.15, -0.1) is 0 Å². The first-order valence-corrected chi connectivity index (χ1v) is 9.68. The third-order valence-electron chi connectivity index (χ3n) is 5.03. The molecule has 0 radical (unpaired) electrons. The van der Waals surface area contributed by atoms with Gasteiger partial charge >= 0.3 is 0 Å². The van der Waals surface area contributed by atoms with E-state index in [2.05, 4.69) is 25.5 Å². The molecule has 0 bridgehead atoms. The van der Waals surface area contributed by atoms with Crippen LogP contribution in [0.1, 0.15) is 31.2 Å². The van der Waals surface area contributed by atoms with E-state index >= 15 is 0 Å². The van der Waals surface area contributed by atoms with Crippen LogP contribution < -0.4 is 10.6 Å². The lowest BCUT2D eigenvalue weighted by Gasteiger charge is -2.15. The molecule has 1 aromatic carbocycles. The average molecular weight is 359 g/mol. The van der Waals surface area contributed by atoms with Crippen molar-refractivity contribution in [3.05, 3.63) is 35.8 Å². The van der Waals surface area contributed by atoms with E-state index < -0.39 is 0 Å². The van der Waals surface area contributed by atoms with Gasteiger partial charge in [0.1, 0.15) is 5.82 Å². The quantitative estimate of drug-likeness (QED) is 0.386. The van der Waals surface area contributed by atoms with Gasteiger partial charge in [0.05, 0.1) is 0 Å². The minimum Gasteiger partial charge on any atom is -0.361 e. The van der Waals surface area contributed by atoms with E-state index in [1.807, 2.05) is 6.20 Å². The number of benzene rings is 1. The Morgan fingerprint density at radius 2 is 2.00 bits per heavy atom. The molecule has 1 fully saturated rings. The van der Waals surface area contributed by atoms with Crippen LogP contribution in [0.3, 0.4) is 0 Å². The van der Waals surface area contributed by atoms with Gasteiger partial charge < -0.3 is 20.5 Å². The lowest BCUT2D eigenvalue weighted by Crippen LogP contribution is -2.38. The number of aliphatic imine (C=N–C) groups is 1. The summed E-state index contributed by atoms with van der Waals surface area (Å²) in [5, 5.41) is 7.67. The normalized spacial score (nSPS) is 15.7. The van der Waals surface area contributed by atoms with Gasteiger partial charge in [-0.05, 0) is 75.5 Å². The Morgan fingerprint density at radius 3 is 2.81 bits per heavy atom. The molecular weight excluding hydrogens is 329 g/mol. The Hall–Kier alpha value is -2.08. The summed E-state index contributed by atoms with van der Waals surface area (Å²) in [4.78, 5) is 10.0. The van der Waals surface area contributed by atoms with Gasteiger partial charge in [-0.1, -0.05) is 0 Å². The Kier molecular flexibility index (Phi) is 6.89. The number of likely N-dealkylation sites (tertiary alicyclic amines) is 1. The van der Waals surface area contributed by atoms with Crippen LogP contribution in [0.25, 0.3) is 10.9 Å². The number of nitrogens with one attached hydrogen (secondary N) is 3. The fraction of sp³-hybridized carbons (Fsp3) is 0.550. The molecule has 3 N–H and O–H groups in total. The molecule has 0 atom stereocenters. The van der Waals surface area contributed by atoms with E-state index in [9.17, 15) is 4.39 Å². The van der Waals surface area contributed by atoms with Gasteiger partial charge in [0.25, 0.3) is 0 Å². The molecule has 0 aliphatic carbocycles. The molecule has 0 saturated carbocycles. The summed E-state index contributed by atoms with van der Waals surface area (Å²) in [5.74, 6) is 0.634. The molecule has 1 aliphatic rings. The summed E-state index contributed by atoms with van der Waals surface area (Å²) in [5.41, 5.74) is 2.09. The van der Waals surface area contributed by atoms with Gasteiger partial charge in [-0.2, -0.15) is 0 Å². The predicted molar refractivity (Wildman–Crippen MR) is 106 cm³/mol. The van der Waals surface area contributed by atoms with Crippen LogP contribution in [0.4, 0.5) is 4.39 Å². The van der Waals surface area contributed by atoms with E-state index in [4.69, 9.17) is 0 Å². The minimum absolute atomic E-state index is 0.197. The van der Waals surface area contributed by atoms with Crippen LogP contribution in [0.15, 0.2) is 29.4 Å². The van der Waals surface area contributed by atoms with Crippen LogP contribution in [-0.2, 0) is 6.42 Å². The predicted octanol–water partition coefficient (Wildman–Crippen LogP) is 2.89. The zero-order valence-corrected chi connectivity index (χ0v) is 15.7. The third kappa shape index (κ3) is 5.21. The van der Waals surface area contributed by atoms with Crippen molar-refractivity contribution in [2.75, 3.05) is 39.8 Å². The topological polar surface area (TPSA) is 55.5 Å². The van der Waals surface area contributed by atoms with Crippen LogP contribution in [0.2, 0.25) is 0 Å². The molecule has 0 spiro atoms. The molecule has 5 nitrogen and oxygen atoms in total.